The highest BCUT2D eigenvalue weighted by Crippen LogP contribution is 2.36. The van der Waals surface area contributed by atoms with Crippen LogP contribution in [0.1, 0.15) is 30.6 Å². The average Bonchev–Trinajstić information content (AvgIpc) is 3.21. The van der Waals surface area contributed by atoms with Crippen LogP contribution in [0.25, 0.3) is 0 Å². The number of carboxylic acids is 1. The fraction of sp³-hybridized carbons (Fsp3) is 0.227. The number of anilines is 1. The number of rotatable bonds is 4. The van der Waals surface area contributed by atoms with Crippen molar-refractivity contribution >= 4 is 23.4 Å². The van der Waals surface area contributed by atoms with Gasteiger partial charge in [0.15, 0.2) is 5.84 Å². The molecule has 2 heterocycles. The minimum atomic E-state index is -1.03. The number of carboxylic acid groups (broad SMARTS) is 1. The highest BCUT2D eigenvalue weighted by molar-refractivity contribution is 6.29. The van der Waals surface area contributed by atoms with Gasteiger partial charge in [0.2, 0.25) is 0 Å². The Morgan fingerprint density at radius 1 is 1.31 bits per heavy atom. The number of benzene rings is 1. The van der Waals surface area contributed by atoms with Gasteiger partial charge in [0.05, 0.1) is 22.9 Å². The molecule has 1 amide bonds. The number of hydrazone groups is 1. The van der Waals surface area contributed by atoms with E-state index in [0.29, 0.717) is 17.3 Å². The van der Waals surface area contributed by atoms with Gasteiger partial charge in [-0.2, -0.15) is 5.01 Å². The molecule has 7 nitrogen and oxygen atoms in total. The molecule has 0 saturated carbocycles. The van der Waals surface area contributed by atoms with E-state index in [1.807, 2.05) is 6.08 Å². The molecule has 4 rings (SSSR count). The SMILES string of the molecule is CC(C)N1C=C(/C=C2\C(=O)N(c3ccc(C(=O)O)cc3)N=C2N)C2=CC=CCC21. The third-order valence-electron chi connectivity index (χ3n) is 5.27. The molecule has 0 aromatic heterocycles. The molecule has 7 heteroatoms. The molecular weight excluding hydrogens is 368 g/mol. The van der Waals surface area contributed by atoms with Crippen molar-refractivity contribution in [3.8, 4) is 0 Å². The van der Waals surface area contributed by atoms with E-state index in [0.717, 1.165) is 12.0 Å². The Kier molecular flexibility index (Phi) is 4.58. The molecule has 1 aliphatic carbocycles. The largest absolute Gasteiger partial charge is 0.478 e. The molecule has 3 aliphatic rings. The van der Waals surface area contributed by atoms with Crippen molar-refractivity contribution in [3.63, 3.8) is 0 Å². The van der Waals surface area contributed by atoms with Gasteiger partial charge >= 0.3 is 5.97 Å². The van der Waals surface area contributed by atoms with Gasteiger partial charge in [-0.3, -0.25) is 4.79 Å². The topological polar surface area (TPSA) is 99.2 Å². The van der Waals surface area contributed by atoms with E-state index in [2.05, 4.69) is 42.2 Å². The lowest BCUT2D eigenvalue weighted by molar-refractivity contribution is -0.114. The number of nitrogens with two attached hydrogens (primary N) is 1. The number of amides is 1. The summed E-state index contributed by atoms with van der Waals surface area (Å²) >= 11 is 0. The van der Waals surface area contributed by atoms with Gasteiger partial charge in [0.1, 0.15) is 0 Å². The molecule has 1 unspecified atom stereocenters. The minimum Gasteiger partial charge on any atom is -0.478 e. The average molecular weight is 390 g/mol. The Morgan fingerprint density at radius 3 is 2.69 bits per heavy atom. The third kappa shape index (κ3) is 3.24. The molecule has 29 heavy (non-hydrogen) atoms. The summed E-state index contributed by atoms with van der Waals surface area (Å²) < 4.78 is 0. The molecule has 0 radical (unpaired) electrons. The van der Waals surface area contributed by atoms with Crippen LogP contribution < -0.4 is 10.7 Å². The van der Waals surface area contributed by atoms with E-state index < -0.39 is 5.97 Å². The van der Waals surface area contributed by atoms with E-state index in [-0.39, 0.29) is 23.3 Å². The maximum atomic E-state index is 13.0. The van der Waals surface area contributed by atoms with Crippen LogP contribution in [0.3, 0.4) is 0 Å². The molecule has 1 aromatic carbocycles. The first kappa shape index (κ1) is 18.7. The molecule has 0 fully saturated rings. The second kappa shape index (κ2) is 7.09. The number of fused-ring (bicyclic) bond motifs is 1. The van der Waals surface area contributed by atoms with Crippen LogP contribution in [0.15, 0.2) is 76.6 Å². The maximum absolute atomic E-state index is 13.0. The van der Waals surface area contributed by atoms with Crippen LogP contribution in [0.5, 0.6) is 0 Å². The Hall–Kier alpha value is -3.61. The predicted molar refractivity (Wildman–Crippen MR) is 111 cm³/mol. The number of hydrogen-bond donors (Lipinski definition) is 2. The fourth-order valence-electron chi connectivity index (χ4n) is 3.78. The number of amidine groups is 1. The minimum absolute atomic E-state index is 0.140. The molecule has 2 aliphatic heterocycles. The van der Waals surface area contributed by atoms with Crippen molar-refractivity contribution in [2.75, 3.05) is 5.01 Å². The summed E-state index contributed by atoms with van der Waals surface area (Å²) in [7, 11) is 0. The van der Waals surface area contributed by atoms with E-state index in [4.69, 9.17) is 10.8 Å². The molecule has 0 saturated heterocycles. The van der Waals surface area contributed by atoms with Gasteiger partial charge in [-0.1, -0.05) is 18.2 Å². The van der Waals surface area contributed by atoms with Gasteiger partial charge in [-0.25, -0.2) is 4.79 Å². The standard InChI is InChI=1S/C22H22N4O3/c1-13(2)25-12-15(17-5-3-4-6-19(17)25)11-18-20(23)24-26(21(18)27)16-9-7-14(8-10-16)22(28)29/h3-5,7-13,19H,6H2,1-2H3,(H2,23,24)(H,28,29)/b18-11-. The Bertz CT molecular complexity index is 1030. The van der Waals surface area contributed by atoms with E-state index in [9.17, 15) is 9.59 Å². The summed E-state index contributed by atoms with van der Waals surface area (Å²) in [5.74, 6) is -1.22. The lowest BCUT2D eigenvalue weighted by atomic mass is 9.94. The first-order valence-corrected chi connectivity index (χ1v) is 9.47. The Morgan fingerprint density at radius 2 is 2.03 bits per heavy atom. The number of carbonyl (C=O) groups excluding carboxylic acids is 1. The Labute approximate surface area is 168 Å². The van der Waals surface area contributed by atoms with E-state index in [1.54, 1.807) is 18.2 Å². The van der Waals surface area contributed by atoms with Crippen molar-refractivity contribution in [3.05, 3.63) is 77.1 Å². The normalized spacial score (nSPS) is 22.2. The van der Waals surface area contributed by atoms with Gasteiger partial charge in [0, 0.05) is 12.2 Å². The third-order valence-corrected chi connectivity index (χ3v) is 5.27. The molecule has 1 aromatic rings. The predicted octanol–water partition coefficient (Wildman–Crippen LogP) is 2.79. The van der Waals surface area contributed by atoms with Crippen molar-refractivity contribution < 1.29 is 14.7 Å². The number of aromatic carboxylic acids is 1. The number of nitrogens with zero attached hydrogens (tertiary/aromatic N) is 3. The highest BCUT2D eigenvalue weighted by Gasteiger charge is 2.34. The van der Waals surface area contributed by atoms with Crippen LogP contribution in [-0.4, -0.2) is 39.8 Å². The molecule has 3 N–H and O–H groups in total. The zero-order valence-electron chi connectivity index (χ0n) is 16.2. The summed E-state index contributed by atoms with van der Waals surface area (Å²) in [4.78, 5) is 26.3. The number of carbonyl (C=O) groups is 2. The lowest BCUT2D eigenvalue weighted by Crippen LogP contribution is -2.33. The maximum Gasteiger partial charge on any atom is 0.335 e. The summed E-state index contributed by atoms with van der Waals surface area (Å²) in [5, 5.41) is 14.4. The molecular formula is C22H22N4O3. The summed E-state index contributed by atoms with van der Waals surface area (Å²) in [6.45, 7) is 4.28. The first-order valence-electron chi connectivity index (χ1n) is 9.47. The Balaban J connectivity index is 1.65. The summed E-state index contributed by atoms with van der Waals surface area (Å²) in [5.41, 5.74) is 9.13. The van der Waals surface area contributed by atoms with Crippen LogP contribution in [-0.2, 0) is 4.79 Å². The van der Waals surface area contributed by atoms with Gasteiger partial charge < -0.3 is 15.7 Å². The van der Waals surface area contributed by atoms with Gasteiger partial charge in [-0.15, -0.1) is 5.10 Å². The fourth-order valence-corrected chi connectivity index (χ4v) is 3.78. The van der Waals surface area contributed by atoms with Crippen molar-refractivity contribution in [2.24, 2.45) is 10.8 Å². The summed E-state index contributed by atoms with van der Waals surface area (Å²) in [6.07, 6.45) is 11.1. The van der Waals surface area contributed by atoms with Crippen molar-refractivity contribution in [1.29, 1.82) is 0 Å². The molecule has 1 atom stereocenters. The van der Waals surface area contributed by atoms with E-state index >= 15 is 0 Å². The molecule has 148 valence electrons. The smallest absolute Gasteiger partial charge is 0.335 e. The number of hydrogen-bond acceptors (Lipinski definition) is 5. The van der Waals surface area contributed by atoms with E-state index in [1.165, 1.54) is 22.7 Å². The van der Waals surface area contributed by atoms with Gasteiger partial charge in [0.25, 0.3) is 5.91 Å². The zero-order chi connectivity index (χ0) is 20.7. The van der Waals surface area contributed by atoms with Crippen LogP contribution >= 0.6 is 0 Å². The van der Waals surface area contributed by atoms with Crippen molar-refractivity contribution in [2.45, 2.75) is 32.4 Å². The van der Waals surface area contributed by atoms with Crippen molar-refractivity contribution in [1.82, 2.24) is 4.90 Å². The van der Waals surface area contributed by atoms with Crippen LogP contribution in [0.2, 0.25) is 0 Å². The molecule has 0 bridgehead atoms. The molecule has 0 spiro atoms. The summed E-state index contributed by atoms with van der Waals surface area (Å²) in [6, 6.07) is 6.55. The quantitative estimate of drug-likeness (QED) is 0.770. The lowest BCUT2D eigenvalue weighted by Gasteiger charge is -2.30. The second-order valence-electron chi connectivity index (χ2n) is 7.44. The first-order chi connectivity index (χ1) is 13.9. The monoisotopic (exact) mass is 390 g/mol. The van der Waals surface area contributed by atoms with Crippen LogP contribution in [0.4, 0.5) is 5.69 Å². The zero-order valence-corrected chi connectivity index (χ0v) is 16.2. The number of allylic oxidation sites excluding steroid dienone is 3. The highest BCUT2D eigenvalue weighted by atomic mass is 16.4. The second-order valence-corrected chi connectivity index (χ2v) is 7.44. The van der Waals surface area contributed by atoms with Gasteiger partial charge in [-0.05, 0) is 61.8 Å². The van der Waals surface area contributed by atoms with Crippen LogP contribution in [0, 0.1) is 0 Å².